The SMILES string of the molecule is Cc1ccc(C(=O)n2ncc3c2ncc2c(NCCCN(C)C)nc4ncnn4c23)cc1. The van der Waals surface area contributed by atoms with Gasteiger partial charge in [-0.2, -0.15) is 29.4 Å². The Kier molecular flexibility index (Phi) is 4.98. The van der Waals surface area contributed by atoms with Crippen molar-refractivity contribution in [1.29, 1.82) is 0 Å². The van der Waals surface area contributed by atoms with E-state index in [1.807, 2.05) is 33.2 Å². The average molecular weight is 429 g/mol. The summed E-state index contributed by atoms with van der Waals surface area (Å²) >= 11 is 0. The molecule has 0 amide bonds. The molecule has 0 saturated carbocycles. The molecule has 0 atom stereocenters. The van der Waals surface area contributed by atoms with Gasteiger partial charge in [0.2, 0.25) is 0 Å². The van der Waals surface area contributed by atoms with E-state index in [4.69, 9.17) is 0 Å². The fourth-order valence-corrected chi connectivity index (χ4v) is 3.70. The molecule has 0 aliphatic carbocycles. The van der Waals surface area contributed by atoms with Crippen LogP contribution in [0.5, 0.6) is 0 Å². The number of hydrogen-bond acceptors (Lipinski definition) is 8. The fraction of sp³-hybridized carbons (Fsp3) is 0.273. The van der Waals surface area contributed by atoms with Gasteiger partial charge in [0.1, 0.15) is 12.1 Å². The third-order valence-corrected chi connectivity index (χ3v) is 5.34. The summed E-state index contributed by atoms with van der Waals surface area (Å²) in [5.41, 5.74) is 2.86. The number of pyridine rings is 1. The van der Waals surface area contributed by atoms with E-state index in [-0.39, 0.29) is 5.91 Å². The summed E-state index contributed by atoms with van der Waals surface area (Å²) in [4.78, 5) is 28.7. The molecule has 32 heavy (non-hydrogen) atoms. The molecule has 4 aromatic heterocycles. The summed E-state index contributed by atoms with van der Waals surface area (Å²) < 4.78 is 2.99. The molecule has 1 N–H and O–H groups in total. The topological polar surface area (TPSA) is 106 Å². The Morgan fingerprint density at radius 2 is 1.88 bits per heavy atom. The second kappa shape index (κ2) is 7.97. The molecule has 0 unspecified atom stereocenters. The zero-order chi connectivity index (χ0) is 22.2. The molecular weight excluding hydrogens is 406 g/mol. The van der Waals surface area contributed by atoms with E-state index in [1.165, 1.54) is 11.0 Å². The quantitative estimate of drug-likeness (QED) is 0.410. The highest BCUT2D eigenvalue weighted by atomic mass is 16.2. The van der Waals surface area contributed by atoms with Gasteiger partial charge in [-0.15, -0.1) is 0 Å². The van der Waals surface area contributed by atoms with Crippen LogP contribution in [0.15, 0.2) is 43.0 Å². The van der Waals surface area contributed by atoms with Gasteiger partial charge in [-0.3, -0.25) is 4.79 Å². The van der Waals surface area contributed by atoms with Crippen LogP contribution in [-0.4, -0.2) is 72.3 Å². The minimum atomic E-state index is -0.238. The molecule has 1 aromatic carbocycles. The summed E-state index contributed by atoms with van der Waals surface area (Å²) in [7, 11) is 4.10. The predicted octanol–water partition coefficient (Wildman–Crippen LogP) is 2.38. The maximum absolute atomic E-state index is 13.1. The van der Waals surface area contributed by atoms with Crippen LogP contribution in [0.2, 0.25) is 0 Å². The third kappa shape index (κ3) is 3.44. The molecule has 0 fully saturated rings. The molecule has 0 aliphatic heterocycles. The van der Waals surface area contributed by atoms with Crippen LogP contribution in [0, 0.1) is 6.92 Å². The van der Waals surface area contributed by atoms with Crippen LogP contribution in [0.3, 0.4) is 0 Å². The van der Waals surface area contributed by atoms with Crippen LogP contribution >= 0.6 is 0 Å². The highest BCUT2D eigenvalue weighted by Gasteiger charge is 2.19. The first-order valence-corrected chi connectivity index (χ1v) is 10.4. The minimum Gasteiger partial charge on any atom is -0.369 e. The van der Waals surface area contributed by atoms with Crippen molar-refractivity contribution in [1.82, 2.24) is 39.2 Å². The maximum Gasteiger partial charge on any atom is 0.280 e. The molecule has 5 aromatic rings. The predicted molar refractivity (Wildman–Crippen MR) is 122 cm³/mol. The maximum atomic E-state index is 13.1. The van der Waals surface area contributed by atoms with Crippen molar-refractivity contribution in [3.8, 4) is 0 Å². The van der Waals surface area contributed by atoms with E-state index in [1.54, 1.807) is 29.0 Å². The van der Waals surface area contributed by atoms with Crippen molar-refractivity contribution in [3.63, 3.8) is 0 Å². The Balaban J connectivity index is 1.61. The molecule has 10 nitrogen and oxygen atoms in total. The Morgan fingerprint density at radius 1 is 1.06 bits per heavy atom. The fourth-order valence-electron chi connectivity index (χ4n) is 3.70. The number of rotatable bonds is 6. The van der Waals surface area contributed by atoms with Crippen LogP contribution in [-0.2, 0) is 0 Å². The zero-order valence-electron chi connectivity index (χ0n) is 18.1. The standard InChI is InChI=1S/C22H23N9O/c1-14-5-7-15(8-6-14)21(32)31-20-17(12-26-31)18-16(11-24-20)19(23-9-4-10-29(2)3)28-22-25-13-27-30(18)22/h5-8,11-13H,4,9-10H2,1-3H3,(H,23,25,27,28). The van der Waals surface area contributed by atoms with Crippen LogP contribution in [0.25, 0.3) is 27.7 Å². The van der Waals surface area contributed by atoms with Gasteiger partial charge in [-0.25, -0.2) is 4.98 Å². The van der Waals surface area contributed by atoms with Crippen molar-refractivity contribution in [2.75, 3.05) is 32.5 Å². The monoisotopic (exact) mass is 429 g/mol. The van der Waals surface area contributed by atoms with E-state index in [9.17, 15) is 4.79 Å². The number of nitrogens with one attached hydrogen (secondary N) is 1. The number of anilines is 1. The molecule has 0 bridgehead atoms. The van der Waals surface area contributed by atoms with Crippen LogP contribution in [0.1, 0.15) is 22.3 Å². The minimum absolute atomic E-state index is 0.238. The largest absolute Gasteiger partial charge is 0.369 e. The molecule has 0 saturated heterocycles. The summed E-state index contributed by atoms with van der Waals surface area (Å²) in [6, 6.07) is 7.39. The van der Waals surface area contributed by atoms with Gasteiger partial charge in [-0.1, -0.05) is 17.7 Å². The molecule has 162 valence electrons. The number of aromatic nitrogens is 7. The Labute approximate surface area is 183 Å². The lowest BCUT2D eigenvalue weighted by atomic mass is 10.1. The van der Waals surface area contributed by atoms with Crippen molar-refractivity contribution >= 4 is 39.4 Å². The molecule has 4 heterocycles. The molecule has 0 aliphatic rings. The second-order valence-corrected chi connectivity index (χ2v) is 8.00. The number of aryl methyl sites for hydroxylation is 1. The Bertz CT molecular complexity index is 1430. The third-order valence-electron chi connectivity index (χ3n) is 5.34. The van der Waals surface area contributed by atoms with Gasteiger partial charge in [0, 0.05) is 18.3 Å². The van der Waals surface area contributed by atoms with Gasteiger partial charge < -0.3 is 10.2 Å². The van der Waals surface area contributed by atoms with E-state index in [0.29, 0.717) is 28.2 Å². The van der Waals surface area contributed by atoms with Gasteiger partial charge in [0.05, 0.1) is 22.5 Å². The summed E-state index contributed by atoms with van der Waals surface area (Å²) in [6.45, 7) is 3.71. The smallest absolute Gasteiger partial charge is 0.280 e. The Hall–Kier alpha value is -3.92. The lowest BCUT2D eigenvalue weighted by Crippen LogP contribution is -2.17. The number of fused-ring (bicyclic) bond motifs is 5. The first-order chi connectivity index (χ1) is 15.5. The second-order valence-electron chi connectivity index (χ2n) is 8.00. The number of hydrogen-bond donors (Lipinski definition) is 1. The molecule has 10 heteroatoms. The average Bonchev–Trinajstić information content (AvgIpc) is 3.43. The van der Waals surface area contributed by atoms with E-state index in [0.717, 1.165) is 36.0 Å². The molecule has 0 spiro atoms. The number of carbonyl (C=O) groups is 1. The highest BCUT2D eigenvalue weighted by Crippen LogP contribution is 2.28. The van der Waals surface area contributed by atoms with E-state index >= 15 is 0 Å². The van der Waals surface area contributed by atoms with Gasteiger partial charge in [0.25, 0.3) is 11.7 Å². The highest BCUT2D eigenvalue weighted by molar-refractivity contribution is 6.09. The van der Waals surface area contributed by atoms with Gasteiger partial charge in [-0.05, 0) is 46.1 Å². The molecule has 5 rings (SSSR count). The van der Waals surface area contributed by atoms with E-state index in [2.05, 4.69) is 35.4 Å². The van der Waals surface area contributed by atoms with Crippen LogP contribution in [0.4, 0.5) is 5.82 Å². The normalized spacial score (nSPS) is 11.8. The zero-order valence-corrected chi connectivity index (χ0v) is 18.1. The van der Waals surface area contributed by atoms with E-state index < -0.39 is 0 Å². The Morgan fingerprint density at radius 3 is 2.66 bits per heavy atom. The molecule has 0 radical (unpaired) electrons. The van der Waals surface area contributed by atoms with Crippen molar-refractivity contribution in [3.05, 3.63) is 54.1 Å². The van der Waals surface area contributed by atoms with Crippen LogP contribution < -0.4 is 5.32 Å². The van der Waals surface area contributed by atoms with Gasteiger partial charge >= 0.3 is 0 Å². The lowest BCUT2D eigenvalue weighted by Gasteiger charge is -2.12. The summed E-state index contributed by atoms with van der Waals surface area (Å²) in [6.07, 6.45) is 5.78. The van der Waals surface area contributed by atoms with Gasteiger partial charge in [0.15, 0.2) is 5.65 Å². The van der Waals surface area contributed by atoms with Crippen molar-refractivity contribution in [2.45, 2.75) is 13.3 Å². The lowest BCUT2D eigenvalue weighted by molar-refractivity contribution is 0.0950. The number of nitrogens with zero attached hydrogens (tertiary/aromatic N) is 8. The molecular formula is C22H23N9O. The number of benzene rings is 1. The first-order valence-electron chi connectivity index (χ1n) is 10.4. The first kappa shape index (κ1) is 20.0. The summed E-state index contributed by atoms with van der Waals surface area (Å²) in [5, 5.41) is 13.6. The van der Waals surface area contributed by atoms with Crippen molar-refractivity contribution < 1.29 is 4.79 Å². The number of carbonyl (C=O) groups excluding carboxylic acids is 1. The van der Waals surface area contributed by atoms with Crippen molar-refractivity contribution in [2.24, 2.45) is 0 Å². The summed E-state index contributed by atoms with van der Waals surface area (Å²) in [5.74, 6) is 0.918.